The number of amides is 1. The largest absolute Gasteiger partial charge is 0.490 e. The quantitative estimate of drug-likeness (QED) is 0.698. The van der Waals surface area contributed by atoms with Crippen molar-refractivity contribution in [2.45, 2.75) is 52.1 Å². The summed E-state index contributed by atoms with van der Waals surface area (Å²) in [6, 6.07) is 9.20. The number of hydrogen-bond donors (Lipinski definition) is 1. The molecule has 144 valence electrons. The van der Waals surface area contributed by atoms with Gasteiger partial charge in [0.05, 0.1) is 6.10 Å². The lowest BCUT2D eigenvalue weighted by Crippen LogP contribution is -2.34. The molecule has 0 radical (unpaired) electrons. The number of hydrogen-bond acceptors (Lipinski definition) is 3. The number of halogens is 1. The Bertz CT molecular complexity index is 755. The van der Waals surface area contributed by atoms with Crippen LogP contribution in [0.4, 0.5) is 5.69 Å². The van der Waals surface area contributed by atoms with Crippen molar-refractivity contribution in [3.8, 4) is 5.75 Å². The van der Waals surface area contributed by atoms with Crippen molar-refractivity contribution >= 4 is 23.2 Å². The van der Waals surface area contributed by atoms with Crippen molar-refractivity contribution in [2.24, 2.45) is 11.8 Å². The average Bonchev–Trinajstić information content (AvgIpc) is 2.67. The van der Waals surface area contributed by atoms with Gasteiger partial charge in [-0.2, -0.15) is 0 Å². The van der Waals surface area contributed by atoms with Gasteiger partial charge in [0.25, 0.3) is 0 Å². The number of benzene rings is 1. The predicted molar refractivity (Wildman–Crippen MR) is 109 cm³/mol. The van der Waals surface area contributed by atoms with Gasteiger partial charge in [-0.15, -0.1) is 0 Å². The fourth-order valence-electron chi connectivity index (χ4n) is 3.88. The Balaban J connectivity index is 1.54. The molecule has 1 heterocycles. The van der Waals surface area contributed by atoms with E-state index in [0.717, 1.165) is 49.1 Å². The number of nitrogens with one attached hydrogen (secondary N) is 1. The molecule has 3 rings (SSSR count). The van der Waals surface area contributed by atoms with Gasteiger partial charge in [0.1, 0.15) is 5.75 Å². The van der Waals surface area contributed by atoms with Gasteiger partial charge in [0, 0.05) is 34.6 Å². The van der Waals surface area contributed by atoms with Crippen LogP contribution in [0.3, 0.4) is 0 Å². The van der Waals surface area contributed by atoms with Crippen LogP contribution in [0.2, 0.25) is 5.02 Å². The first-order valence-corrected chi connectivity index (χ1v) is 10.1. The zero-order chi connectivity index (χ0) is 19.2. The van der Waals surface area contributed by atoms with Gasteiger partial charge in [0.15, 0.2) is 0 Å². The number of carbonyl (C=O) groups excluding carboxylic acids is 1. The van der Waals surface area contributed by atoms with Gasteiger partial charge >= 0.3 is 0 Å². The van der Waals surface area contributed by atoms with E-state index in [1.165, 1.54) is 0 Å². The maximum Gasteiger partial charge on any atom is 0.227 e. The number of anilines is 1. The van der Waals surface area contributed by atoms with Crippen LogP contribution < -0.4 is 10.1 Å². The first-order valence-electron chi connectivity index (χ1n) is 9.70. The number of aryl methyl sites for hydroxylation is 1. The minimum absolute atomic E-state index is 0.0317. The Morgan fingerprint density at radius 3 is 2.56 bits per heavy atom. The van der Waals surface area contributed by atoms with Gasteiger partial charge in [-0.1, -0.05) is 18.5 Å². The standard InChI is InChI=1S/C22H27ClN2O2/c1-3-20(22(26)25-18-8-6-17(23)7-9-18)16-4-10-19(11-5-16)27-21-12-13-24-14-15(21)2/h6-9,12-14,16,19-20H,3-5,10-11H2,1-2H3,(H,25,26). The van der Waals surface area contributed by atoms with Crippen LogP contribution >= 0.6 is 11.6 Å². The highest BCUT2D eigenvalue weighted by molar-refractivity contribution is 6.30. The maximum atomic E-state index is 12.8. The summed E-state index contributed by atoms with van der Waals surface area (Å²) in [6.07, 6.45) is 8.66. The smallest absolute Gasteiger partial charge is 0.227 e. The molecule has 2 aromatic rings. The van der Waals surface area contributed by atoms with Gasteiger partial charge in [-0.3, -0.25) is 9.78 Å². The Morgan fingerprint density at radius 2 is 1.93 bits per heavy atom. The molecule has 5 heteroatoms. The number of carbonyl (C=O) groups is 1. The van der Waals surface area contributed by atoms with E-state index in [-0.39, 0.29) is 17.9 Å². The van der Waals surface area contributed by atoms with Crippen LogP contribution in [0.1, 0.15) is 44.6 Å². The summed E-state index contributed by atoms with van der Waals surface area (Å²) in [7, 11) is 0. The lowest BCUT2D eigenvalue weighted by molar-refractivity contribution is -0.122. The van der Waals surface area contributed by atoms with E-state index in [9.17, 15) is 4.79 Å². The second kappa shape index (κ2) is 9.23. The predicted octanol–water partition coefficient (Wildman–Crippen LogP) is 5.65. The molecule has 1 aromatic heterocycles. The number of rotatable bonds is 6. The zero-order valence-electron chi connectivity index (χ0n) is 16.0. The van der Waals surface area contributed by atoms with Crippen molar-refractivity contribution in [1.29, 1.82) is 0 Å². The summed E-state index contributed by atoms with van der Waals surface area (Å²) in [5, 5.41) is 3.71. The van der Waals surface area contributed by atoms with Crippen molar-refractivity contribution < 1.29 is 9.53 Å². The molecule has 1 N–H and O–H groups in total. The molecular formula is C22H27ClN2O2. The van der Waals surface area contributed by atoms with Crippen molar-refractivity contribution in [3.63, 3.8) is 0 Å². The van der Waals surface area contributed by atoms with E-state index in [4.69, 9.17) is 16.3 Å². The third-order valence-electron chi connectivity index (χ3n) is 5.44. The summed E-state index contributed by atoms with van der Waals surface area (Å²) in [6.45, 7) is 4.11. The van der Waals surface area contributed by atoms with Crippen molar-refractivity contribution in [1.82, 2.24) is 4.98 Å². The second-order valence-corrected chi connectivity index (χ2v) is 7.74. The summed E-state index contributed by atoms with van der Waals surface area (Å²) >= 11 is 5.91. The van der Waals surface area contributed by atoms with Crippen LogP contribution in [0.15, 0.2) is 42.7 Å². The van der Waals surface area contributed by atoms with Gasteiger partial charge in [0.2, 0.25) is 5.91 Å². The minimum Gasteiger partial charge on any atom is -0.490 e. The van der Waals surface area contributed by atoms with E-state index in [1.807, 2.05) is 31.3 Å². The normalized spacial score (nSPS) is 20.7. The molecule has 27 heavy (non-hydrogen) atoms. The number of aromatic nitrogens is 1. The highest BCUT2D eigenvalue weighted by atomic mass is 35.5. The maximum absolute atomic E-state index is 12.8. The number of pyridine rings is 1. The highest BCUT2D eigenvalue weighted by Crippen LogP contribution is 2.34. The Hall–Kier alpha value is -2.07. The molecule has 0 saturated heterocycles. The second-order valence-electron chi connectivity index (χ2n) is 7.31. The average molecular weight is 387 g/mol. The molecule has 1 unspecified atom stereocenters. The van der Waals surface area contributed by atoms with Crippen LogP contribution in [-0.4, -0.2) is 17.0 Å². The topological polar surface area (TPSA) is 51.2 Å². The lowest BCUT2D eigenvalue weighted by Gasteiger charge is -2.33. The van der Waals surface area contributed by atoms with Gasteiger partial charge in [-0.25, -0.2) is 0 Å². The molecule has 1 fully saturated rings. The summed E-state index contributed by atoms with van der Waals surface area (Å²) in [5.41, 5.74) is 1.86. The molecule has 1 atom stereocenters. The SMILES string of the molecule is CCC(C(=O)Nc1ccc(Cl)cc1)C1CCC(Oc2ccncc2C)CC1. The van der Waals surface area contributed by atoms with Crippen LogP contribution in [0, 0.1) is 18.8 Å². The van der Waals surface area contributed by atoms with E-state index >= 15 is 0 Å². The molecule has 4 nitrogen and oxygen atoms in total. The molecular weight excluding hydrogens is 360 g/mol. The molecule has 0 bridgehead atoms. The summed E-state index contributed by atoms with van der Waals surface area (Å²) in [5.74, 6) is 1.46. The lowest BCUT2D eigenvalue weighted by atomic mass is 9.77. The Morgan fingerprint density at radius 1 is 1.22 bits per heavy atom. The van der Waals surface area contributed by atoms with E-state index in [2.05, 4.69) is 17.2 Å². The molecule has 1 aromatic carbocycles. The van der Waals surface area contributed by atoms with Crippen LogP contribution in [0.25, 0.3) is 0 Å². The monoisotopic (exact) mass is 386 g/mol. The summed E-state index contributed by atoms with van der Waals surface area (Å²) < 4.78 is 6.16. The molecule has 0 spiro atoms. The summed E-state index contributed by atoms with van der Waals surface area (Å²) in [4.78, 5) is 16.9. The first kappa shape index (κ1) is 19.7. The van der Waals surface area contributed by atoms with E-state index in [1.54, 1.807) is 18.3 Å². The van der Waals surface area contributed by atoms with Gasteiger partial charge in [-0.05, 0) is 75.3 Å². The van der Waals surface area contributed by atoms with Crippen LogP contribution in [0.5, 0.6) is 5.75 Å². The fraction of sp³-hybridized carbons (Fsp3) is 0.455. The number of nitrogens with zero attached hydrogens (tertiary/aromatic N) is 1. The third-order valence-corrected chi connectivity index (χ3v) is 5.69. The fourth-order valence-corrected chi connectivity index (χ4v) is 4.01. The van der Waals surface area contributed by atoms with E-state index < -0.39 is 0 Å². The van der Waals surface area contributed by atoms with E-state index in [0.29, 0.717) is 10.9 Å². The zero-order valence-corrected chi connectivity index (χ0v) is 16.7. The Labute approximate surface area is 166 Å². The van der Waals surface area contributed by atoms with Gasteiger partial charge < -0.3 is 10.1 Å². The Kier molecular flexibility index (Phi) is 6.73. The van der Waals surface area contributed by atoms with Crippen molar-refractivity contribution in [2.75, 3.05) is 5.32 Å². The highest BCUT2D eigenvalue weighted by Gasteiger charge is 2.31. The molecule has 0 aliphatic heterocycles. The molecule has 1 amide bonds. The molecule has 1 aliphatic rings. The minimum atomic E-state index is 0.0317. The first-order chi connectivity index (χ1) is 13.1. The van der Waals surface area contributed by atoms with Crippen molar-refractivity contribution in [3.05, 3.63) is 53.3 Å². The molecule has 1 saturated carbocycles. The molecule has 1 aliphatic carbocycles. The number of ether oxygens (including phenoxy) is 1. The third kappa shape index (κ3) is 5.23. The van der Waals surface area contributed by atoms with Crippen LogP contribution in [-0.2, 0) is 4.79 Å².